The van der Waals surface area contributed by atoms with E-state index in [1.807, 2.05) is 6.07 Å². The molecule has 1 saturated heterocycles. The predicted molar refractivity (Wildman–Crippen MR) is 67.5 cm³/mol. The van der Waals surface area contributed by atoms with Crippen LogP contribution in [-0.2, 0) is 4.79 Å². The van der Waals surface area contributed by atoms with Crippen LogP contribution in [0.3, 0.4) is 0 Å². The summed E-state index contributed by atoms with van der Waals surface area (Å²) >= 11 is 0. The number of nitrogen functional groups attached to an aromatic ring is 2. The molecule has 1 fully saturated rings. The lowest BCUT2D eigenvalue weighted by molar-refractivity contribution is -0.119. The zero-order valence-electron chi connectivity index (χ0n) is 9.81. The van der Waals surface area contributed by atoms with Gasteiger partial charge in [0.15, 0.2) is 0 Å². The van der Waals surface area contributed by atoms with Gasteiger partial charge in [0.05, 0.1) is 5.69 Å². The van der Waals surface area contributed by atoms with E-state index in [1.165, 1.54) is 6.92 Å². The molecule has 0 bridgehead atoms. The first-order valence-electron chi connectivity index (χ1n) is 5.60. The van der Waals surface area contributed by atoms with Gasteiger partial charge in [-0.1, -0.05) is 0 Å². The van der Waals surface area contributed by atoms with Crippen LogP contribution < -0.4 is 21.7 Å². The molecule has 0 spiro atoms. The van der Waals surface area contributed by atoms with Crippen molar-refractivity contribution in [1.29, 1.82) is 0 Å². The van der Waals surface area contributed by atoms with E-state index in [4.69, 9.17) is 11.5 Å². The summed E-state index contributed by atoms with van der Waals surface area (Å²) in [6, 6.07) is 3.79. The number of carbonyl (C=O) groups excluding carboxylic acids is 1. The van der Waals surface area contributed by atoms with Gasteiger partial charge >= 0.3 is 0 Å². The van der Waals surface area contributed by atoms with Crippen molar-refractivity contribution in [2.75, 3.05) is 29.5 Å². The molecule has 6 heteroatoms. The number of nitrogens with two attached hydrogens (primary N) is 2. The standard InChI is InChI=1S/C11H17N5O/c1-7(17)14-8-4-5-16(6-8)10-3-2-9(12)11(13)15-10/h2-3,8H,4-6,12H2,1H3,(H2,13,15)(H,14,17). The largest absolute Gasteiger partial charge is 0.396 e. The number of hydrogen-bond acceptors (Lipinski definition) is 5. The Morgan fingerprint density at radius 1 is 1.53 bits per heavy atom. The van der Waals surface area contributed by atoms with Gasteiger partial charge in [-0.2, -0.15) is 0 Å². The van der Waals surface area contributed by atoms with Gasteiger partial charge in [0.1, 0.15) is 11.6 Å². The molecule has 0 aromatic carbocycles. The SMILES string of the molecule is CC(=O)NC1CCN(c2ccc(N)c(N)n2)C1. The second-order valence-electron chi connectivity index (χ2n) is 4.28. The minimum Gasteiger partial charge on any atom is -0.396 e. The van der Waals surface area contributed by atoms with Gasteiger partial charge in [0, 0.05) is 26.1 Å². The highest BCUT2D eigenvalue weighted by Gasteiger charge is 2.24. The second-order valence-corrected chi connectivity index (χ2v) is 4.28. The lowest BCUT2D eigenvalue weighted by Crippen LogP contribution is -2.35. The number of nitrogens with zero attached hydrogens (tertiary/aromatic N) is 2. The van der Waals surface area contributed by atoms with Crippen molar-refractivity contribution in [3.8, 4) is 0 Å². The van der Waals surface area contributed by atoms with E-state index >= 15 is 0 Å². The highest BCUT2D eigenvalue weighted by molar-refractivity contribution is 5.73. The van der Waals surface area contributed by atoms with Crippen LogP contribution in [0.15, 0.2) is 12.1 Å². The summed E-state index contributed by atoms with van der Waals surface area (Å²) in [4.78, 5) is 17.3. The zero-order chi connectivity index (χ0) is 12.4. The molecule has 1 aliphatic rings. The van der Waals surface area contributed by atoms with Crippen LogP contribution in [0.25, 0.3) is 0 Å². The van der Waals surface area contributed by atoms with E-state index in [0.717, 1.165) is 25.3 Å². The molecule has 0 radical (unpaired) electrons. The van der Waals surface area contributed by atoms with Crippen molar-refractivity contribution in [1.82, 2.24) is 10.3 Å². The fraction of sp³-hybridized carbons (Fsp3) is 0.455. The molecule has 6 nitrogen and oxygen atoms in total. The van der Waals surface area contributed by atoms with Gasteiger partial charge in [0.2, 0.25) is 5.91 Å². The lowest BCUT2D eigenvalue weighted by atomic mass is 10.2. The Kier molecular flexibility index (Phi) is 3.03. The Labute approximate surface area is 100.0 Å². The average molecular weight is 235 g/mol. The number of rotatable bonds is 2. The van der Waals surface area contributed by atoms with Crippen LogP contribution in [0.2, 0.25) is 0 Å². The summed E-state index contributed by atoms with van der Waals surface area (Å²) in [5, 5.41) is 2.90. The van der Waals surface area contributed by atoms with E-state index < -0.39 is 0 Å². The number of anilines is 3. The van der Waals surface area contributed by atoms with E-state index in [1.54, 1.807) is 6.07 Å². The second kappa shape index (κ2) is 4.48. The van der Waals surface area contributed by atoms with Gasteiger partial charge in [0.25, 0.3) is 0 Å². The molecule has 0 aliphatic carbocycles. The van der Waals surface area contributed by atoms with Gasteiger partial charge in [-0.15, -0.1) is 0 Å². The molecule has 2 rings (SSSR count). The van der Waals surface area contributed by atoms with Crippen LogP contribution in [0, 0.1) is 0 Å². The summed E-state index contributed by atoms with van der Waals surface area (Å²) in [5.41, 5.74) is 11.8. The monoisotopic (exact) mass is 235 g/mol. The molecule has 17 heavy (non-hydrogen) atoms. The van der Waals surface area contributed by atoms with Crippen LogP contribution in [-0.4, -0.2) is 30.0 Å². The molecule has 1 unspecified atom stereocenters. The van der Waals surface area contributed by atoms with Crippen molar-refractivity contribution in [2.24, 2.45) is 0 Å². The maximum Gasteiger partial charge on any atom is 0.217 e. The third-order valence-electron chi connectivity index (χ3n) is 2.86. The topological polar surface area (TPSA) is 97.3 Å². The fourth-order valence-electron chi connectivity index (χ4n) is 2.02. The molecule has 0 saturated carbocycles. The van der Waals surface area contributed by atoms with Gasteiger partial charge in [-0.25, -0.2) is 4.98 Å². The van der Waals surface area contributed by atoms with Gasteiger partial charge < -0.3 is 21.7 Å². The summed E-state index contributed by atoms with van der Waals surface area (Å²) in [7, 11) is 0. The molecule has 1 aromatic rings. The van der Waals surface area contributed by atoms with Crippen molar-refractivity contribution in [2.45, 2.75) is 19.4 Å². The quantitative estimate of drug-likeness (QED) is 0.668. The highest BCUT2D eigenvalue weighted by atomic mass is 16.1. The minimum atomic E-state index is 0.00151. The zero-order valence-corrected chi connectivity index (χ0v) is 9.81. The van der Waals surface area contributed by atoms with E-state index in [0.29, 0.717) is 11.5 Å². The average Bonchev–Trinajstić information content (AvgIpc) is 2.69. The summed E-state index contributed by atoms with van der Waals surface area (Å²) in [6.07, 6.45) is 0.922. The molecular weight excluding hydrogens is 218 g/mol. The first-order chi connectivity index (χ1) is 8.06. The molecule has 1 amide bonds. The number of aromatic nitrogens is 1. The maximum atomic E-state index is 11.0. The number of amides is 1. The Hall–Kier alpha value is -1.98. The Morgan fingerprint density at radius 3 is 2.94 bits per heavy atom. The van der Waals surface area contributed by atoms with Crippen molar-refractivity contribution < 1.29 is 4.79 Å². The molecule has 1 aliphatic heterocycles. The van der Waals surface area contributed by atoms with E-state index in [9.17, 15) is 4.79 Å². The molecule has 2 heterocycles. The number of hydrogen-bond donors (Lipinski definition) is 3. The Bertz CT molecular complexity index is 434. The van der Waals surface area contributed by atoms with Gasteiger partial charge in [-0.05, 0) is 18.6 Å². The van der Waals surface area contributed by atoms with Crippen LogP contribution >= 0.6 is 0 Å². The molecular formula is C11H17N5O. The van der Waals surface area contributed by atoms with Crippen LogP contribution in [0.1, 0.15) is 13.3 Å². The maximum absolute atomic E-state index is 11.0. The molecule has 1 atom stereocenters. The van der Waals surface area contributed by atoms with Crippen LogP contribution in [0.5, 0.6) is 0 Å². The first-order valence-corrected chi connectivity index (χ1v) is 5.60. The normalized spacial score (nSPS) is 19.4. The minimum absolute atomic E-state index is 0.00151. The van der Waals surface area contributed by atoms with E-state index in [-0.39, 0.29) is 11.9 Å². The van der Waals surface area contributed by atoms with Crippen molar-refractivity contribution in [3.05, 3.63) is 12.1 Å². The Balaban J connectivity index is 2.04. The lowest BCUT2D eigenvalue weighted by Gasteiger charge is -2.18. The van der Waals surface area contributed by atoms with Crippen LogP contribution in [0.4, 0.5) is 17.3 Å². The molecule has 5 N–H and O–H groups in total. The molecule has 92 valence electrons. The summed E-state index contributed by atoms with van der Waals surface area (Å²) in [5.74, 6) is 1.16. The van der Waals surface area contributed by atoms with Gasteiger partial charge in [-0.3, -0.25) is 4.79 Å². The number of nitrogens with one attached hydrogen (secondary N) is 1. The van der Waals surface area contributed by atoms with Crippen molar-refractivity contribution in [3.63, 3.8) is 0 Å². The first kappa shape index (κ1) is 11.5. The van der Waals surface area contributed by atoms with E-state index in [2.05, 4.69) is 15.2 Å². The van der Waals surface area contributed by atoms with Crippen molar-refractivity contribution >= 4 is 23.2 Å². The smallest absolute Gasteiger partial charge is 0.217 e. The highest BCUT2D eigenvalue weighted by Crippen LogP contribution is 2.22. The third kappa shape index (κ3) is 2.58. The Morgan fingerprint density at radius 2 is 2.29 bits per heavy atom. The third-order valence-corrected chi connectivity index (χ3v) is 2.86. The predicted octanol–water partition coefficient (Wildman–Crippen LogP) is -0.0392. The summed E-state index contributed by atoms with van der Waals surface area (Å²) < 4.78 is 0. The number of carbonyl (C=O) groups is 1. The fourth-order valence-corrected chi connectivity index (χ4v) is 2.02. The molecule has 1 aromatic heterocycles. The summed E-state index contributed by atoms with van der Waals surface area (Å²) in [6.45, 7) is 3.15. The number of pyridine rings is 1.